The Balaban J connectivity index is 1.81. The molecule has 0 amide bonds. The first-order chi connectivity index (χ1) is 10.1. The van der Waals surface area contributed by atoms with Crippen molar-refractivity contribution < 1.29 is 9.84 Å². The molecule has 2 rings (SSSR count). The van der Waals surface area contributed by atoms with Crippen LogP contribution in [0.3, 0.4) is 0 Å². The number of hydrogen-bond acceptors (Lipinski definition) is 4. The van der Waals surface area contributed by atoms with Crippen molar-refractivity contribution in [2.75, 3.05) is 40.0 Å². The molecule has 3 unspecified atom stereocenters. The molecule has 4 heteroatoms. The number of likely N-dealkylation sites (tertiary alicyclic amines) is 1. The van der Waals surface area contributed by atoms with E-state index in [1.54, 1.807) is 7.11 Å². The van der Waals surface area contributed by atoms with Gasteiger partial charge in [0.25, 0.3) is 0 Å². The Hall–Kier alpha value is -0.160. The average Bonchev–Trinajstić information content (AvgIpc) is 3.04. The summed E-state index contributed by atoms with van der Waals surface area (Å²) in [5, 5.41) is 13.6. The van der Waals surface area contributed by atoms with Crippen LogP contribution in [0.5, 0.6) is 0 Å². The molecule has 4 nitrogen and oxygen atoms in total. The minimum atomic E-state index is -0.0280. The van der Waals surface area contributed by atoms with Crippen LogP contribution in [-0.2, 0) is 4.74 Å². The van der Waals surface area contributed by atoms with E-state index in [-0.39, 0.29) is 12.1 Å². The van der Waals surface area contributed by atoms with Gasteiger partial charge in [0, 0.05) is 25.2 Å². The van der Waals surface area contributed by atoms with E-state index in [0.717, 1.165) is 18.9 Å². The van der Waals surface area contributed by atoms with Gasteiger partial charge in [-0.05, 0) is 50.6 Å². The molecular weight excluding hydrogens is 264 g/mol. The van der Waals surface area contributed by atoms with Crippen molar-refractivity contribution in [2.45, 2.75) is 57.5 Å². The summed E-state index contributed by atoms with van der Waals surface area (Å²) in [6.45, 7) is 9.12. The maximum atomic E-state index is 9.95. The summed E-state index contributed by atoms with van der Waals surface area (Å²) in [7, 11) is 1.80. The highest BCUT2D eigenvalue weighted by atomic mass is 16.5. The molecule has 124 valence electrons. The zero-order valence-corrected chi connectivity index (χ0v) is 14.1. The summed E-state index contributed by atoms with van der Waals surface area (Å²) in [6, 6.07) is 0.440. The van der Waals surface area contributed by atoms with Crippen LogP contribution < -0.4 is 5.32 Å². The van der Waals surface area contributed by atoms with Crippen LogP contribution in [0.2, 0.25) is 0 Å². The number of aliphatic hydroxyl groups is 1. The molecule has 2 aliphatic rings. The van der Waals surface area contributed by atoms with E-state index in [9.17, 15) is 5.11 Å². The number of rotatable bonds is 8. The van der Waals surface area contributed by atoms with E-state index in [1.807, 2.05) is 0 Å². The number of hydrogen-bond donors (Lipinski definition) is 2. The van der Waals surface area contributed by atoms with Gasteiger partial charge in [-0.1, -0.05) is 20.3 Å². The summed E-state index contributed by atoms with van der Waals surface area (Å²) in [5.74, 6) is 1.33. The molecular formula is C17H34N2O2. The standard InChI is InChI=1S/C17H34N2O2/c1-14(2)18-17(13-20)8-4-5-16(17)7-10-19-9-6-15(11-19)12-21-3/h14-16,18,20H,4-13H2,1-3H3. The first kappa shape index (κ1) is 17.2. The molecule has 21 heavy (non-hydrogen) atoms. The molecule has 0 radical (unpaired) electrons. The fourth-order valence-corrected chi connectivity index (χ4v) is 4.41. The third-order valence-corrected chi connectivity index (χ3v) is 5.38. The maximum Gasteiger partial charge on any atom is 0.0616 e. The minimum Gasteiger partial charge on any atom is -0.394 e. The van der Waals surface area contributed by atoms with Crippen molar-refractivity contribution in [1.29, 1.82) is 0 Å². The van der Waals surface area contributed by atoms with Gasteiger partial charge in [-0.25, -0.2) is 0 Å². The average molecular weight is 298 g/mol. The maximum absolute atomic E-state index is 9.95. The van der Waals surface area contributed by atoms with Crippen LogP contribution >= 0.6 is 0 Å². The van der Waals surface area contributed by atoms with E-state index in [4.69, 9.17) is 4.74 Å². The van der Waals surface area contributed by atoms with Crippen LogP contribution in [0.4, 0.5) is 0 Å². The fraction of sp³-hybridized carbons (Fsp3) is 1.00. The van der Waals surface area contributed by atoms with E-state index in [2.05, 4.69) is 24.1 Å². The molecule has 1 saturated carbocycles. The largest absolute Gasteiger partial charge is 0.394 e. The summed E-state index contributed by atoms with van der Waals surface area (Å²) >= 11 is 0. The van der Waals surface area contributed by atoms with E-state index in [0.29, 0.717) is 12.0 Å². The molecule has 2 N–H and O–H groups in total. The number of ether oxygens (including phenoxy) is 1. The molecule has 3 atom stereocenters. The fourth-order valence-electron chi connectivity index (χ4n) is 4.41. The third kappa shape index (κ3) is 4.41. The van der Waals surface area contributed by atoms with Crippen LogP contribution in [0.15, 0.2) is 0 Å². The molecule has 0 bridgehead atoms. The number of methoxy groups -OCH3 is 1. The van der Waals surface area contributed by atoms with E-state index in [1.165, 1.54) is 45.3 Å². The molecule has 0 aromatic heterocycles. The molecule has 1 aliphatic heterocycles. The second kappa shape index (κ2) is 7.91. The van der Waals surface area contributed by atoms with Crippen molar-refractivity contribution in [3.8, 4) is 0 Å². The first-order valence-corrected chi connectivity index (χ1v) is 8.69. The Morgan fingerprint density at radius 3 is 2.86 bits per heavy atom. The van der Waals surface area contributed by atoms with Gasteiger partial charge in [0.15, 0.2) is 0 Å². The second-order valence-corrected chi connectivity index (χ2v) is 7.40. The number of aliphatic hydroxyl groups excluding tert-OH is 1. The van der Waals surface area contributed by atoms with Crippen LogP contribution in [0.1, 0.15) is 46.0 Å². The molecule has 2 fully saturated rings. The van der Waals surface area contributed by atoms with Gasteiger partial charge in [-0.15, -0.1) is 0 Å². The lowest BCUT2D eigenvalue weighted by molar-refractivity contribution is 0.104. The Morgan fingerprint density at radius 1 is 1.38 bits per heavy atom. The predicted molar refractivity (Wildman–Crippen MR) is 86.5 cm³/mol. The van der Waals surface area contributed by atoms with Gasteiger partial charge in [-0.2, -0.15) is 0 Å². The van der Waals surface area contributed by atoms with Gasteiger partial charge in [0.2, 0.25) is 0 Å². The lowest BCUT2D eigenvalue weighted by Gasteiger charge is -2.37. The second-order valence-electron chi connectivity index (χ2n) is 7.40. The van der Waals surface area contributed by atoms with Crippen molar-refractivity contribution >= 4 is 0 Å². The van der Waals surface area contributed by atoms with Gasteiger partial charge in [-0.3, -0.25) is 0 Å². The molecule has 0 spiro atoms. The van der Waals surface area contributed by atoms with Gasteiger partial charge < -0.3 is 20.1 Å². The Kier molecular flexibility index (Phi) is 6.48. The molecule has 1 saturated heterocycles. The summed E-state index contributed by atoms with van der Waals surface area (Å²) in [5.41, 5.74) is -0.0280. The van der Waals surface area contributed by atoms with Crippen molar-refractivity contribution in [2.24, 2.45) is 11.8 Å². The van der Waals surface area contributed by atoms with Crippen LogP contribution in [0.25, 0.3) is 0 Å². The zero-order chi connectivity index (χ0) is 15.3. The number of nitrogens with one attached hydrogen (secondary N) is 1. The van der Waals surface area contributed by atoms with E-state index >= 15 is 0 Å². The summed E-state index contributed by atoms with van der Waals surface area (Å²) in [4.78, 5) is 2.58. The normalized spacial score (nSPS) is 34.1. The topological polar surface area (TPSA) is 44.7 Å². The van der Waals surface area contributed by atoms with E-state index < -0.39 is 0 Å². The summed E-state index contributed by atoms with van der Waals surface area (Å²) < 4.78 is 5.28. The van der Waals surface area contributed by atoms with Gasteiger partial charge in [0.05, 0.1) is 13.2 Å². The highest BCUT2D eigenvalue weighted by Crippen LogP contribution is 2.38. The SMILES string of the molecule is COCC1CCN(CCC2CCCC2(CO)NC(C)C)C1. The number of nitrogens with zero attached hydrogens (tertiary/aromatic N) is 1. The molecule has 0 aromatic carbocycles. The van der Waals surface area contributed by atoms with Crippen LogP contribution in [-0.4, -0.2) is 61.5 Å². The van der Waals surface area contributed by atoms with Crippen LogP contribution in [0, 0.1) is 11.8 Å². The minimum absolute atomic E-state index is 0.0280. The zero-order valence-electron chi connectivity index (χ0n) is 14.1. The molecule has 0 aromatic rings. The Bertz CT molecular complexity index is 311. The van der Waals surface area contributed by atoms with Crippen molar-refractivity contribution in [1.82, 2.24) is 10.2 Å². The lowest BCUT2D eigenvalue weighted by atomic mass is 9.84. The first-order valence-electron chi connectivity index (χ1n) is 8.69. The highest BCUT2D eigenvalue weighted by Gasteiger charge is 2.42. The van der Waals surface area contributed by atoms with Crippen molar-refractivity contribution in [3.05, 3.63) is 0 Å². The Labute approximate surface area is 130 Å². The predicted octanol–water partition coefficient (Wildman–Crippen LogP) is 1.87. The smallest absolute Gasteiger partial charge is 0.0616 e. The van der Waals surface area contributed by atoms with Gasteiger partial charge >= 0.3 is 0 Å². The third-order valence-electron chi connectivity index (χ3n) is 5.38. The van der Waals surface area contributed by atoms with Crippen molar-refractivity contribution in [3.63, 3.8) is 0 Å². The molecule has 1 aliphatic carbocycles. The monoisotopic (exact) mass is 298 g/mol. The highest BCUT2D eigenvalue weighted by molar-refractivity contribution is 5.00. The quantitative estimate of drug-likeness (QED) is 0.718. The summed E-state index contributed by atoms with van der Waals surface area (Å²) in [6.07, 6.45) is 6.11. The van der Waals surface area contributed by atoms with Gasteiger partial charge in [0.1, 0.15) is 0 Å². The Morgan fingerprint density at radius 2 is 2.19 bits per heavy atom. The lowest BCUT2D eigenvalue weighted by Crippen LogP contribution is -2.54. The molecule has 1 heterocycles.